The number of aromatic nitrogens is 2. The number of hydrogen-bond acceptors (Lipinski definition) is 6. The monoisotopic (exact) mass is 557 g/mol. The first-order valence-corrected chi connectivity index (χ1v) is 14.2. The zero-order chi connectivity index (χ0) is 29.0. The van der Waals surface area contributed by atoms with Crippen molar-refractivity contribution in [2.24, 2.45) is 5.73 Å². The van der Waals surface area contributed by atoms with E-state index >= 15 is 0 Å². The number of carbonyl (C=O) groups is 3. The molecule has 5 rings (SSSR count). The first-order chi connectivity index (χ1) is 19.7. The summed E-state index contributed by atoms with van der Waals surface area (Å²) in [5, 5.41) is 14.4. The summed E-state index contributed by atoms with van der Waals surface area (Å²) >= 11 is 0. The lowest BCUT2D eigenvalue weighted by atomic mass is 10.0. The first kappa shape index (κ1) is 28.5. The number of para-hydroxylation sites is 2. The smallest absolute Gasteiger partial charge is 0.246 e. The second-order valence-corrected chi connectivity index (χ2v) is 11.5. The fourth-order valence-corrected chi connectivity index (χ4v) is 5.37. The van der Waals surface area contributed by atoms with Crippen molar-refractivity contribution in [1.82, 2.24) is 31.2 Å². The van der Waals surface area contributed by atoms with E-state index in [1.54, 1.807) is 13.8 Å². The molecule has 1 aliphatic heterocycles. The van der Waals surface area contributed by atoms with E-state index in [0.717, 1.165) is 58.7 Å². The molecule has 2 aromatic heterocycles. The second-order valence-electron chi connectivity index (χ2n) is 11.5. The first-order valence-electron chi connectivity index (χ1n) is 14.2. The fourth-order valence-electron chi connectivity index (χ4n) is 5.37. The summed E-state index contributed by atoms with van der Waals surface area (Å²) in [5.41, 5.74) is 8.60. The van der Waals surface area contributed by atoms with E-state index in [1.165, 1.54) is 0 Å². The highest BCUT2D eigenvalue weighted by Crippen LogP contribution is 2.21. The van der Waals surface area contributed by atoms with Gasteiger partial charge in [0.05, 0.1) is 23.8 Å². The zero-order valence-corrected chi connectivity index (χ0v) is 23.6. The van der Waals surface area contributed by atoms with Crippen LogP contribution in [0.4, 0.5) is 0 Å². The molecule has 1 aliphatic rings. The predicted octanol–water partition coefficient (Wildman–Crippen LogP) is 2.36. The quantitative estimate of drug-likeness (QED) is 0.148. The van der Waals surface area contributed by atoms with Gasteiger partial charge in [0, 0.05) is 40.6 Å². The molecule has 4 aromatic rings. The van der Waals surface area contributed by atoms with Gasteiger partial charge in [0.2, 0.25) is 17.7 Å². The lowest BCUT2D eigenvalue weighted by Gasteiger charge is -2.29. The molecule has 3 atom stereocenters. The molecule has 8 N–H and O–H groups in total. The molecule has 0 spiro atoms. The Kier molecular flexibility index (Phi) is 8.53. The van der Waals surface area contributed by atoms with E-state index in [2.05, 4.69) is 31.2 Å². The van der Waals surface area contributed by atoms with Gasteiger partial charge < -0.3 is 26.3 Å². The van der Waals surface area contributed by atoms with Crippen LogP contribution in [0.15, 0.2) is 60.9 Å². The highest BCUT2D eigenvalue weighted by molar-refractivity contribution is 6.01. The molecule has 0 aliphatic carbocycles. The third-order valence-corrected chi connectivity index (χ3v) is 7.68. The number of benzene rings is 2. The maximum Gasteiger partial charge on any atom is 0.246 e. The number of amides is 3. The van der Waals surface area contributed by atoms with Crippen LogP contribution in [0.5, 0.6) is 0 Å². The van der Waals surface area contributed by atoms with Crippen LogP contribution in [0.2, 0.25) is 0 Å². The van der Waals surface area contributed by atoms with Crippen LogP contribution >= 0.6 is 0 Å². The van der Waals surface area contributed by atoms with Gasteiger partial charge in [0.25, 0.3) is 0 Å². The van der Waals surface area contributed by atoms with E-state index < -0.39 is 29.6 Å². The summed E-state index contributed by atoms with van der Waals surface area (Å²) in [4.78, 5) is 46.2. The van der Waals surface area contributed by atoms with Crippen LogP contribution in [0.25, 0.3) is 21.8 Å². The Morgan fingerprint density at radius 1 is 0.927 bits per heavy atom. The van der Waals surface area contributed by atoms with Crippen LogP contribution < -0.4 is 27.0 Å². The van der Waals surface area contributed by atoms with E-state index in [9.17, 15) is 14.4 Å². The molecular formula is C31H39N7O3. The van der Waals surface area contributed by atoms with Crippen molar-refractivity contribution in [3.63, 3.8) is 0 Å². The van der Waals surface area contributed by atoms with Crippen LogP contribution in [0.1, 0.15) is 44.2 Å². The number of hydrogen-bond donors (Lipinski definition) is 7. The summed E-state index contributed by atoms with van der Waals surface area (Å²) in [7, 11) is 0. The van der Waals surface area contributed by atoms with Crippen LogP contribution in [-0.4, -0.2) is 58.0 Å². The summed E-state index contributed by atoms with van der Waals surface area (Å²) in [6.07, 6.45) is 6.71. The minimum absolute atomic E-state index is 0.118. The second kappa shape index (κ2) is 12.3. The lowest BCUT2D eigenvalue weighted by Crippen LogP contribution is -2.61. The average Bonchev–Trinajstić information content (AvgIpc) is 3.56. The molecule has 216 valence electrons. The van der Waals surface area contributed by atoms with Crippen molar-refractivity contribution in [2.75, 3.05) is 6.54 Å². The third kappa shape index (κ3) is 6.84. The van der Waals surface area contributed by atoms with Gasteiger partial charge in [-0.1, -0.05) is 42.8 Å². The number of aromatic amines is 2. The number of imide groups is 1. The maximum absolute atomic E-state index is 13.6. The number of H-pyrrole nitrogens is 2. The molecule has 3 amide bonds. The van der Waals surface area contributed by atoms with Crippen LogP contribution in [0, 0.1) is 0 Å². The molecule has 3 heterocycles. The van der Waals surface area contributed by atoms with Gasteiger partial charge in [0.1, 0.15) is 0 Å². The van der Waals surface area contributed by atoms with Crippen LogP contribution in [0.3, 0.4) is 0 Å². The van der Waals surface area contributed by atoms with Gasteiger partial charge in [0.15, 0.2) is 0 Å². The maximum atomic E-state index is 13.6. The molecule has 0 radical (unpaired) electrons. The molecule has 41 heavy (non-hydrogen) atoms. The van der Waals surface area contributed by atoms with Gasteiger partial charge in [-0.2, -0.15) is 0 Å². The van der Waals surface area contributed by atoms with Crippen molar-refractivity contribution < 1.29 is 14.4 Å². The summed E-state index contributed by atoms with van der Waals surface area (Å²) in [6.45, 7) is 3.89. The van der Waals surface area contributed by atoms with Gasteiger partial charge in [-0.3, -0.25) is 25.0 Å². The highest BCUT2D eigenvalue weighted by atomic mass is 16.2. The van der Waals surface area contributed by atoms with Crippen LogP contribution in [-0.2, 0) is 27.2 Å². The number of fused-ring (bicyclic) bond motifs is 2. The Hall–Kier alpha value is -3.99. The number of carbonyl (C=O) groups excluding carboxylic acids is 3. The average molecular weight is 558 g/mol. The van der Waals surface area contributed by atoms with Crippen molar-refractivity contribution in [3.8, 4) is 0 Å². The number of nitrogens with two attached hydrogens (primary N) is 1. The summed E-state index contributed by atoms with van der Waals surface area (Å²) in [5.74, 6) is -1.20. The molecule has 1 saturated heterocycles. The standard InChI is InChI=1S/C31H39N7O3/c1-31(2,32)30(41)38-29(40)26(15-19-17-34-23-11-5-3-9-21(19)23)36-27(37-28(39)25-13-7-8-14-33-25)16-20-18-35-24-12-6-4-10-22(20)24/h3-6,9-12,17-18,25-27,33-36H,7-8,13-16,32H2,1-2H3,(H,37,39)(H,38,40,41)/t25?,26-,27-/m1/s1. The minimum Gasteiger partial charge on any atom is -0.361 e. The molecular weight excluding hydrogens is 518 g/mol. The summed E-state index contributed by atoms with van der Waals surface area (Å²) in [6, 6.07) is 14.7. The molecule has 0 saturated carbocycles. The zero-order valence-electron chi connectivity index (χ0n) is 23.6. The van der Waals surface area contributed by atoms with Gasteiger partial charge in [-0.25, -0.2) is 0 Å². The molecule has 1 unspecified atom stereocenters. The van der Waals surface area contributed by atoms with Gasteiger partial charge >= 0.3 is 0 Å². The van der Waals surface area contributed by atoms with E-state index in [4.69, 9.17) is 5.73 Å². The lowest BCUT2D eigenvalue weighted by molar-refractivity contribution is -0.134. The fraction of sp³-hybridized carbons (Fsp3) is 0.387. The van der Waals surface area contributed by atoms with Crippen molar-refractivity contribution in [3.05, 3.63) is 72.1 Å². The molecule has 10 heteroatoms. The van der Waals surface area contributed by atoms with Crippen molar-refractivity contribution in [1.29, 1.82) is 0 Å². The van der Waals surface area contributed by atoms with E-state index in [1.807, 2.05) is 60.9 Å². The third-order valence-electron chi connectivity index (χ3n) is 7.68. The van der Waals surface area contributed by atoms with Crippen molar-refractivity contribution in [2.45, 2.75) is 69.7 Å². The Morgan fingerprint density at radius 3 is 2.12 bits per heavy atom. The Morgan fingerprint density at radius 2 is 1.54 bits per heavy atom. The van der Waals surface area contributed by atoms with Crippen molar-refractivity contribution >= 4 is 39.5 Å². The predicted molar refractivity (Wildman–Crippen MR) is 160 cm³/mol. The Bertz CT molecular complexity index is 1530. The SMILES string of the molecule is CC(C)(N)C(=O)NC(=O)[C@@H](Cc1c[nH]c2ccccc12)N[C@@H](Cc1c[nH]c2ccccc12)NC(=O)C1CCCCN1. The normalized spacial score (nSPS) is 17.3. The number of rotatable bonds is 10. The van der Waals surface area contributed by atoms with Gasteiger partial charge in [-0.05, 0) is 62.9 Å². The minimum atomic E-state index is -1.23. The van der Waals surface area contributed by atoms with E-state index in [0.29, 0.717) is 6.42 Å². The molecule has 10 nitrogen and oxygen atoms in total. The largest absolute Gasteiger partial charge is 0.361 e. The Labute approximate surface area is 239 Å². The van der Waals surface area contributed by atoms with Gasteiger partial charge in [-0.15, -0.1) is 0 Å². The molecule has 0 bridgehead atoms. The highest BCUT2D eigenvalue weighted by Gasteiger charge is 2.31. The number of nitrogens with one attached hydrogen (secondary N) is 6. The topological polar surface area (TPSA) is 157 Å². The van der Waals surface area contributed by atoms with E-state index in [-0.39, 0.29) is 18.4 Å². The molecule has 1 fully saturated rings. The Balaban J connectivity index is 1.44. The number of piperidine rings is 1. The molecule has 2 aromatic carbocycles. The summed E-state index contributed by atoms with van der Waals surface area (Å²) < 4.78 is 0.